The van der Waals surface area contributed by atoms with E-state index >= 15 is 0 Å². The molecule has 7 nitrogen and oxygen atoms in total. The molecule has 1 atom stereocenters. The lowest BCUT2D eigenvalue weighted by Gasteiger charge is -2.35. The van der Waals surface area contributed by atoms with Crippen LogP contribution in [0.3, 0.4) is 0 Å². The highest BCUT2D eigenvalue weighted by molar-refractivity contribution is 6.30. The summed E-state index contributed by atoms with van der Waals surface area (Å²) in [4.78, 5) is 37.4. The molecule has 0 fully saturated rings. The molecule has 1 aliphatic rings. The van der Waals surface area contributed by atoms with Crippen molar-refractivity contribution in [3.63, 3.8) is 0 Å². The fraction of sp³-hybridized carbons (Fsp3) is 0.421. The number of ether oxygens (including phenoxy) is 1. The van der Waals surface area contributed by atoms with Crippen LogP contribution < -0.4 is 15.5 Å². The lowest BCUT2D eigenvalue weighted by molar-refractivity contribution is -0.124. The summed E-state index contributed by atoms with van der Waals surface area (Å²) in [5.41, 5.74) is 0.751. The molecule has 2 rings (SSSR count). The first-order valence-electron chi connectivity index (χ1n) is 8.60. The van der Waals surface area contributed by atoms with E-state index < -0.39 is 17.6 Å². The van der Waals surface area contributed by atoms with Gasteiger partial charge in [0.1, 0.15) is 5.60 Å². The number of hydrogen-bond acceptors (Lipinski definition) is 4. The van der Waals surface area contributed by atoms with Crippen molar-refractivity contribution in [2.75, 3.05) is 18.0 Å². The maximum Gasteiger partial charge on any atom is 0.414 e. The number of anilines is 1. The van der Waals surface area contributed by atoms with Gasteiger partial charge >= 0.3 is 6.09 Å². The lowest BCUT2D eigenvalue weighted by Crippen LogP contribution is -2.45. The molecule has 2 N–H and O–H groups in total. The first-order chi connectivity index (χ1) is 12.6. The van der Waals surface area contributed by atoms with Gasteiger partial charge in [0, 0.05) is 11.6 Å². The molecule has 0 spiro atoms. The molecule has 0 bridgehead atoms. The van der Waals surface area contributed by atoms with Crippen molar-refractivity contribution < 1.29 is 19.1 Å². The zero-order valence-corrected chi connectivity index (χ0v) is 16.4. The largest absolute Gasteiger partial charge is 0.443 e. The maximum absolute atomic E-state index is 12.5. The van der Waals surface area contributed by atoms with Crippen LogP contribution in [-0.2, 0) is 14.3 Å². The van der Waals surface area contributed by atoms with E-state index in [0.29, 0.717) is 23.7 Å². The van der Waals surface area contributed by atoms with E-state index in [1.807, 2.05) is 0 Å². The Morgan fingerprint density at radius 1 is 1.37 bits per heavy atom. The highest BCUT2D eigenvalue weighted by Gasteiger charge is 2.32. The first kappa shape index (κ1) is 20.8. The summed E-state index contributed by atoms with van der Waals surface area (Å²) in [5.74, 6) is -0.764. The van der Waals surface area contributed by atoms with Gasteiger partial charge in [0.15, 0.2) is 0 Å². The van der Waals surface area contributed by atoms with E-state index in [0.717, 1.165) is 11.6 Å². The predicted octanol–water partition coefficient (Wildman–Crippen LogP) is 2.94. The van der Waals surface area contributed by atoms with E-state index in [4.69, 9.17) is 16.3 Å². The van der Waals surface area contributed by atoms with Gasteiger partial charge in [-0.25, -0.2) is 4.79 Å². The predicted molar refractivity (Wildman–Crippen MR) is 104 cm³/mol. The molecule has 0 radical (unpaired) electrons. The normalized spacial score (nSPS) is 16.1. The molecule has 27 heavy (non-hydrogen) atoms. The van der Waals surface area contributed by atoms with Crippen LogP contribution in [0.4, 0.5) is 10.5 Å². The van der Waals surface area contributed by atoms with Crippen molar-refractivity contribution in [3.8, 4) is 0 Å². The zero-order valence-electron chi connectivity index (χ0n) is 15.7. The highest BCUT2D eigenvalue weighted by atomic mass is 35.5. The Hall–Kier alpha value is -2.54. The summed E-state index contributed by atoms with van der Waals surface area (Å²) in [5, 5.41) is 5.79. The molecule has 8 heteroatoms. The minimum atomic E-state index is -0.613. The molecular weight excluding hydrogens is 370 g/mol. The van der Waals surface area contributed by atoms with Crippen molar-refractivity contribution in [1.29, 1.82) is 0 Å². The summed E-state index contributed by atoms with van der Waals surface area (Å²) in [7, 11) is 0. The summed E-state index contributed by atoms with van der Waals surface area (Å²) in [6.07, 6.45) is 1.14. The standard InChI is InChI=1S/C19H24ClN3O4/c1-5-16(24)21-11-17(25)22-14-8-9-23(18(26)27-19(2,3)4)15-7-6-12(20)10-13(14)15/h5-7,10,14H,1,8-9,11H2,2-4H3,(H,21,24)(H,22,25). The minimum absolute atomic E-state index is 0.160. The fourth-order valence-corrected chi connectivity index (χ4v) is 2.91. The van der Waals surface area contributed by atoms with Crippen LogP contribution in [0.25, 0.3) is 0 Å². The van der Waals surface area contributed by atoms with Crippen molar-refractivity contribution in [2.24, 2.45) is 0 Å². The highest BCUT2D eigenvalue weighted by Crippen LogP contribution is 2.36. The summed E-state index contributed by atoms with van der Waals surface area (Å²) in [6, 6.07) is 4.82. The Morgan fingerprint density at radius 3 is 2.70 bits per heavy atom. The molecule has 146 valence electrons. The summed E-state index contributed by atoms with van der Waals surface area (Å²) in [6.45, 7) is 8.97. The third kappa shape index (κ3) is 5.72. The molecule has 3 amide bonds. The second-order valence-corrected chi connectivity index (χ2v) is 7.60. The molecule has 1 aromatic rings. The monoisotopic (exact) mass is 393 g/mol. The van der Waals surface area contributed by atoms with Gasteiger partial charge < -0.3 is 15.4 Å². The number of fused-ring (bicyclic) bond motifs is 1. The number of nitrogens with zero attached hydrogens (tertiary/aromatic N) is 1. The summed E-state index contributed by atoms with van der Waals surface area (Å²) >= 11 is 6.12. The molecule has 0 aromatic heterocycles. The molecule has 0 aliphatic carbocycles. The van der Waals surface area contributed by atoms with Gasteiger partial charge in [-0.1, -0.05) is 18.2 Å². The van der Waals surface area contributed by atoms with Crippen molar-refractivity contribution in [2.45, 2.75) is 38.8 Å². The van der Waals surface area contributed by atoms with E-state index in [2.05, 4.69) is 17.2 Å². The quantitative estimate of drug-likeness (QED) is 0.770. The zero-order chi connectivity index (χ0) is 20.2. The van der Waals surface area contributed by atoms with Crippen molar-refractivity contribution >= 4 is 35.2 Å². The Balaban J connectivity index is 2.18. The number of halogens is 1. The fourth-order valence-electron chi connectivity index (χ4n) is 2.73. The average molecular weight is 394 g/mol. The number of amides is 3. The Kier molecular flexibility index (Phi) is 6.49. The van der Waals surface area contributed by atoms with Crippen LogP contribution in [0, 0.1) is 0 Å². The minimum Gasteiger partial charge on any atom is -0.443 e. The van der Waals surface area contributed by atoms with Crippen LogP contribution in [-0.4, -0.2) is 36.6 Å². The van der Waals surface area contributed by atoms with E-state index in [1.54, 1.807) is 43.9 Å². The van der Waals surface area contributed by atoms with E-state index in [9.17, 15) is 14.4 Å². The van der Waals surface area contributed by atoms with Gasteiger partial charge in [-0.05, 0) is 57.0 Å². The third-order valence-electron chi connectivity index (χ3n) is 3.85. The van der Waals surface area contributed by atoms with Gasteiger partial charge in [0.25, 0.3) is 0 Å². The number of benzene rings is 1. The smallest absolute Gasteiger partial charge is 0.414 e. The van der Waals surface area contributed by atoms with Gasteiger partial charge in [-0.15, -0.1) is 0 Å². The van der Waals surface area contributed by atoms with Crippen LogP contribution >= 0.6 is 11.6 Å². The third-order valence-corrected chi connectivity index (χ3v) is 4.09. The second kappa shape index (κ2) is 8.43. The molecule has 0 saturated heterocycles. The Bertz CT molecular complexity index is 758. The van der Waals surface area contributed by atoms with Crippen molar-refractivity contribution in [3.05, 3.63) is 41.4 Å². The molecule has 1 aliphatic heterocycles. The van der Waals surface area contributed by atoms with Crippen molar-refractivity contribution in [1.82, 2.24) is 10.6 Å². The number of hydrogen-bond donors (Lipinski definition) is 2. The number of nitrogens with one attached hydrogen (secondary N) is 2. The first-order valence-corrected chi connectivity index (χ1v) is 8.98. The second-order valence-electron chi connectivity index (χ2n) is 7.17. The van der Waals surface area contributed by atoms with Crippen LogP contribution in [0.5, 0.6) is 0 Å². The van der Waals surface area contributed by atoms with E-state index in [-0.39, 0.29) is 18.5 Å². The molecule has 1 aromatic carbocycles. The molecule has 0 saturated carbocycles. The van der Waals surface area contributed by atoms with Crippen LogP contribution in [0.2, 0.25) is 5.02 Å². The number of rotatable bonds is 4. The van der Waals surface area contributed by atoms with Crippen LogP contribution in [0.1, 0.15) is 38.8 Å². The van der Waals surface area contributed by atoms with Gasteiger partial charge in [0.2, 0.25) is 11.8 Å². The Morgan fingerprint density at radius 2 is 2.07 bits per heavy atom. The van der Waals surface area contributed by atoms with E-state index in [1.165, 1.54) is 0 Å². The van der Waals surface area contributed by atoms with Gasteiger partial charge in [-0.2, -0.15) is 0 Å². The number of carbonyl (C=O) groups is 3. The Labute approximate surface area is 163 Å². The van der Waals surface area contributed by atoms with Gasteiger partial charge in [-0.3, -0.25) is 14.5 Å². The molecule has 1 unspecified atom stereocenters. The molecular formula is C19H24ClN3O4. The average Bonchev–Trinajstić information content (AvgIpc) is 2.58. The summed E-state index contributed by atoms with van der Waals surface area (Å²) < 4.78 is 5.47. The molecule has 1 heterocycles. The maximum atomic E-state index is 12.5. The topological polar surface area (TPSA) is 87.7 Å². The SMILES string of the molecule is C=CC(=O)NCC(=O)NC1CCN(C(=O)OC(C)(C)C)c2ccc(Cl)cc21. The number of carbonyl (C=O) groups excluding carboxylic acids is 3. The lowest BCUT2D eigenvalue weighted by atomic mass is 9.96. The van der Waals surface area contributed by atoms with Crippen LogP contribution in [0.15, 0.2) is 30.9 Å². The van der Waals surface area contributed by atoms with Gasteiger partial charge in [0.05, 0.1) is 18.3 Å².